The Labute approximate surface area is 178 Å². The van der Waals surface area contributed by atoms with Crippen molar-refractivity contribution in [1.29, 1.82) is 0 Å². The lowest BCUT2D eigenvalue weighted by Crippen LogP contribution is -2.04. The third-order valence-corrected chi connectivity index (χ3v) is 4.26. The Bertz CT molecular complexity index is 1090. The molecule has 0 radical (unpaired) electrons. The third kappa shape index (κ3) is 5.36. The van der Waals surface area contributed by atoms with Crippen molar-refractivity contribution in [3.8, 4) is 23.0 Å². The molecule has 0 spiro atoms. The molecule has 0 aliphatic rings. The van der Waals surface area contributed by atoms with Crippen LogP contribution in [0.3, 0.4) is 0 Å². The van der Waals surface area contributed by atoms with E-state index in [2.05, 4.69) is 0 Å². The van der Waals surface area contributed by atoms with Crippen LogP contribution in [0.4, 0.5) is 11.4 Å². The molecule has 31 heavy (non-hydrogen) atoms. The number of ether oxygens (including phenoxy) is 3. The molecule has 1 heterocycles. The smallest absolute Gasteiger partial charge is 0.374 e. The lowest BCUT2D eigenvalue weighted by molar-refractivity contribution is 0.0435. The first-order valence-corrected chi connectivity index (χ1v) is 9.46. The van der Waals surface area contributed by atoms with Crippen molar-refractivity contribution >= 4 is 17.3 Å². The second kappa shape index (κ2) is 8.96. The predicted molar refractivity (Wildman–Crippen MR) is 116 cm³/mol. The Hall–Kier alpha value is -4.39. The highest BCUT2D eigenvalue weighted by Gasteiger charge is 2.12. The number of hydrogen-bond acceptors (Lipinski definition) is 7. The van der Waals surface area contributed by atoms with E-state index in [0.717, 1.165) is 0 Å². The first-order chi connectivity index (χ1) is 15.0. The van der Waals surface area contributed by atoms with Gasteiger partial charge in [0, 0.05) is 17.4 Å². The summed E-state index contributed by atoms with van der Waals surface area (Å²) in [4.78, 5) is 12.1. The minimum absolute atomic E-state index is 0.0105. The normalized spacial score (nSPS) is 10.5. The monoisotopic (exact) mass is 416 g/mol. The van der Waals surface area contributed by atoms with Gasteiger partial charge in [-0.3, -0.25) is 0 Å². The van der Waals surface area contributed by atoms with Crippen LogP contribution in [0.2, 0.25) is 0 Å². The highest BCUT2D eigenvalue weighted by atomic mass is 16.5. The molecule has 0 unspecified atom stereocenters. The van der Waals surface area contributed by atoms with E-state index in [1.165, 1.54) is 6.26 Å². The maximum Gasteiger partial charge on any atom is 0.374 e. The minimum Gasteiger partial charge on any atom is -0.457 e. The van der Waals surface area contributed by atoms with Crippen molar-refractivity contribution in [3.05, 3.63) is 96.4 Å². The van der Waals surface area contributed by atoms with Gasteiger partial charge in [-0.25, -0.2) is 4.79 Å². The molecule has 0 aliphatic carbocycles. The number of benzene rings is 3. The number of nitrogen functional groups attached to an aromatic ring is 2. The van der Waals surface area contributed by atoms with Crippen LogP contribution in [0.25, 0.3) is 0 Å². The molecule has 7 heteroatoms. The van der Waals surface area contributed by atoms with Crippen LogP contribution in [0.5, 0.6) is 23.0 Å². The molecule has 0 amide bonds. The van der Waals surface area contributed by atoms with Crippen LogP contribution in [0, 0.1) is 0 Å². The van der Waals surface area contributed by atoms with Crippen molar-refractivity contribution in [1.82, 2.24) is 0 Å². The summed E-state index contributed by atoms with van der Waals surface area (Å²) >= 11 is 0. The molecule has 4 rings (SSSR count). The van der Waals surface area contributed by atoms with Gasteiger partial charge in [0.25, 0.3) is 0 Å². The number of furan rings is 1. The van der Waals surface area contributed by atoms with E-state index >= 15 is 0 Å². The first-order valence-electron chi connectivity index (χ1n) is 9.46. The second-order valence-corrected chi connectivity index (χ2v) is 6.71. The maximum absolute atomic E-state index is 12.1. The maximum atomic E-state index is 12.1. The summed E-state index contributed by atoms with van der Waals surface area (Å²) in [7, 11) is 0. The van der Waals surface area contributed by atoms with E-state index < -0.39 is 5.97 Å². The summed E-state index contributed by atoms with van der Waals surface area (Å²) in [5.41, 5.74) is 13.4. The zero-order valence-corrected chi connectivity index (χ0v) is 16.5. The van der Waals surface area contributed by atoms with Crippen LogP contribution >= 0.6 is 0 Å². The van der Waals surface area contributed by atoms with Gasteiger partial charge in [0.1, 0.15) is 29.6 Å². The molecule has 0 atom stereocenters. The number of carbonyl (C=O) groups excluding carboxylic acids is 1. The molecule has 0 aliphatic heterocycles. The van der Waals surface area contributed by atoms with Crippen LogP contribution in [-0.2, 0) is 11.3 Å². The fourth-order valence-corrected chi connectivity index (χ4v) is 2.79. The highest BCUT2D eigenvalue weighted by molar-refractivity contribution is 5.86. The summed E-state index contributed by atoms with van der Waals surface area (Å²) in [6.07, 6.45) is 1.41. The van der Waals surface area contributed by atoms with Crippen molar-refractivity contribution in [2.24, 2.45) is 0 Å². The van der Waals surface area contributed by atoms with E-state index in [1.807, 2.05) is 0 Å². The lowest BCUT2D eigenvalue weighted by atomic mass is 10.2. The highest BCUT2D eigenvalue weighted by Crippen LogP contribution is 2.31. The fraction of sp³-hybridized carbons (Fsp3) is 0.0417. The number of rotatable bonds is 7. The molecule has 0 saturated carbocycles. The van der Waals surface area contributed by atoms with Crippen LogP contribution in [0.15, 0.2) is 89.5 Å². The quantitative estimate of drug-likeness (QED) is 0.307. The van der Waals surface area contributed by atoms with Crippen LogP contribution < -0.4 is 20.9 Å². The molecule has 0 fully saturated rings. The SMILES string of the molecule is Nc1ccc(Oc2cc(COC(=O)c3ccco3)cc(Oc3ccc(N)cc3)c2)cc1. The number of anilines is 2. The number of carbonyl (C=O) groups is 1. The number of esters is 1. The minimum atomic E-state index is -0.559. The van der Waals surface area contributed by atoms with Gasteiger partial charge in [-0.1, -0.05) is 0 Å². The average Bonchev–Trinajstić information content (AvgIpc) is 3.30. The summed E-state index contributed by atoms with van der Waals surface area (Å²) in [5, 5.41) is 0. The molecule has 0 saturated heterocycles. The summed E-state index contributed by atoms with van der Waals surface area (Å²) < 4.78 is 22.3. The Kier molecular flexibility index (Phi) is 5.75. The lowest BCUT2D eigenvalue weighted by Gasteiger charge is -2.13. The van der Waals surface area contributed by atoms with Crippen molar-refractivity contribution in [3.63, 3.8) is 0 Å². The van der Waals surface area contributed by atoms with E-state index in [1.54, 1.807) is 78.9 Å². The van der Waals surface area contributed by atoms with E-state index in [-0.39, 0.29) is 12.4 Å². The number of hydrogen-bond donors (Lipinski definition) is 2. The van der Waals surface area contributed by atoms with Gasteiger partial charge >= 0.3 is 5.97 Å². The predicted octanol–water partition coefficient (Wildman–Crippen LogP) is 5.39. The Morgan fingerprint density at radius 3 is 1.77 bits per heavy atom. The topological polar surface area (TPSA) is 110 Å². The average molecular weight is 416 g/mol. The molecule has 4 N–H and O–H groups in total. The molecule has 156 valence electrons. The molecule has 4 aromatic rings. The van der Waals surface area contributed by atoms with E-state index in [4.69, 9.17) is 30.1 Å². The Morgan fingerprint density at radius 2 is 1.29 bits per heavy atom. The van der Waals surface area contributed by atoms with Crippen molar-refractivity contribution in [2.45, 2.75) is 6.61 Å². The van der Waals surface area contributed by atoms with Crippen LogP contribution in [-0.4, -0.2) is 5.97 Å². The van der Waals surface area contributed by atoms with Gasteiger partial charge in [0.15, 0.2) is 0 Å². The molecule has 0 bridgehead atoms. The zero-order valence-electron chi connectivity index (χ0n) is 16.5. The fourth-order valence-electron chi connectivity index (χ4n) is 2.79. The van der Waals surface area contributed by atoms with Crippen LogP contribution in [0.1, 0.15) is 16.1 Å². The largest absolute Gasteiger partial charge is 0.457 e. The van der Waals surface area contributed by atoms with Gasteiger partial charge in [0.05, 0.1) is 6.26 Å². The second-order valence-electron chi connectivity index (χ2n) is 6.71. The van der Waals surface area contributed by atoms with Crippen molar-refractivity contribution in [2.75, 3.05) is 11.5 Å². The van der Waals surface area contributed by atoms with Crippen molar-refractivity contribution < 1.29 is 23.4 Å². The molecular weight excluding hydrogens is 396 g/mol. The number of nitrogens with two attached hydrogens (primary N) is 2. The Balaban J connectivity index is 1.56. The Morgan fingerprint density at radius 1 is 0.742 bits per heavy atom. The molecular formula is C24H20N2O5. The van der Waals surface area contributed by atoms with E-state index in [9.17, 15) is 4.79 Å². The standard InChI is InChI=1S/C24H20N2O5/c25-17-3-7-19(8-4-17)30-21-12-16(15-29-24(27)23-2-1-11-28-23)13-22(14-21)31-20-9-5-18(26)6-10-20/h1-14H,15,25-26H2. The van der Waals surface area contributed by atoms with Gasteiger partial charge in [-0.15, -0.1) is 0 Å². The van der Waals surface area contributed by atoms with E-state index in [0.29, 0.717) is 39.9 Å². The summed E-state index contributed by atoms with van der Waals surface area (Å²) in [6.45, 7) is 0.0105. The van der Waals surface area contributed by atoms with Gasteiger partial charge < -0.3 is 30.1 Å². The zero-order chi connectivity index (χ0) is 21.6. The molecule has 3 aromatic carbocycles. The summed E-state index contributed by atoms with van der Waals surface area (Å²) in [5.74, 6) is 1.82. The summed E-state index contributed by atoms with van der Waals surface area (Å²) in [6, 6.07) is 22.5. The van der Waals surface area contributed by atoms with Gasteiger partial charge in [-0.2, -0.15) is 0 Å². The van der Waals surface area contributed by atoms with Gasteiger partial charge in [0.2, 0.25) is 5.76 Å². The van der Waals surface area contributed by atoms with Gasteiger partial charge in [-0.05, 0) is 78.4 Å². The third-order valence-electron chi connectivity index (χ3n) is 4.26. The first kappa shape index (κ1) is 19.9. The molecule has 7 nitrogen and oxygen atoms in total. The molecule has 1 aromatic heterocycles.